The number of ether oxygens (including phenoxy) is 1. The Balaban J connectivity index is 3.36. The fourth-order valence-corrected chi connectivity index (χ4v) is 0.652. The lowest BCUT2D eigenvalue weighted by Gasteiger charge is -2.06. The van der Waals surface area contributed by atoms with Gasteiger partial charge < -0.3 is 10.5 Å². The van der Waals surface area contributed by atoms with Crippen molar-refractivity contribution in [1.82, 2.24) is 0 Å². The highest BCUT2D eigenvalue weighted by Gasteiger charge is 2.09. The molecule has 3 heteroatoms. The van der Waals surface area contributed by atoms with Crippen molar-refractivity contribution in [2.75, 3.05) is 13.2 Å². The van der Waals surface area contributed by atoms with Crippen LogP contribution >= 0.6 is 0 Å². The van der Waals surface area contributed by atoms with Crippen molar-refractivity contribution in [3.8, 4) is 0 Å². The van der Waals surface area contributed by atoms with Crippen molar-refractivity contribution < 1.29 is 9.53 Å². The van der Waals surface area contributed by atoms with Crippen molar-refractivity contribution in [3.05, 3.63) is 0 Å². The maximum Gasteiger partial charge on any atom is 0.175 e. The fraction of sp³-hybridized carbons (Fsp3) is 0.875. The SMILES string of the molecule is CCCOCC(=O)C(N)CC. The number of rotatable bonds is 6. The molecule has 0 bridgehead atoms. The highest BCUT2D eigenvalue weighted by Crippen LogP contribution is 1.90. The van der Waals surface area contributed by atoms with E-state index in [9.17, 15) is 4.79 Å². The molecule has 0 aromatic rings. The summed E-state index contributed by atoms with van der Waals surface area (Å²) >= 11 is 0. The van der Waals surface area contributed by atoms with E-state index >= 15 is 0 Å². The Bertz CT molecular complexity index is 115. The zero-order valence-corrected chi connectivity index (χ0v) is 7.30. The van der Waals surface area contributed by atoms with Gasteiger partial charge in [0.2, 0.25) is 0 Å². The van der Waals surface area contributed by atoms with Gasteiger partial charge in [-0.05, 0) is 12.8 Å². The summed E-state index contributed by atoms with van der Waals surface area (Å²) < 4.78 is 5.04. The third-order valence-corrected chi connectivity index (χ3v) is 1.45. The highest BCUT2D eigenvalue weighted by atomic mass is 16.5. The summed E-state index contributed by atoms with van der Waals surface area (Å²) in [7, 11) is 0. The number of carbonyl (C=O) groups is 1. The van der Waals surface area contributed by atoms with Gasteiger partial charge >= 0.3 is 0 Å². The van der Waals surface area contributed by atoms with Crippen LogP contribution in [0.3, 0.4) is 0 Å². The van der Waals surface area contributed by atoms with E-state index in [0.29, 0.717) is 13.0 Å². The molecule has 0 spiro atoms. The Morgan fingerprint density at radius 3 is 2.64 bits per heavy atom. The summed E-state index contributed by atoms with van der Waals surface area (Å²) in [5.74, 6) is 0.000880. The highest BCUT2D eigenvalue weighted by molar-refractivity contribution is 5.84. The van der Waals surface area contributed by atoms with Crippen LogP contribution in [0.4, 0.5) is 0 Å². The summed E-state index contributed by atoms with van der Waals surface area (Å²) in [6, 6.07) is -0.341. The van der Waals surface area contributed by atoms with Gasteiger partial charge in [-0.1, -0.05) is 13.8 Å². The quantitative estimate of drug-likeness (QED) is 0.581. The van der Waals surface area contributed by atoms with E-state index in [-0.39, 0.29) is 18.4 Å². The Morgan fingerprint density at radius 2 is 2.18 bits per heavy atom. The van der Waals surface area contributed by atoms with E-state index in [1.807, 2.05) is 13.8 Å². The van der Waals surface area contributed by atoms with Crippen LogP contribution in [0.15, 0.2) is 0 Å². The first-order valence-electron chi connectivity index (χ1n) is 4.08. The molecule has 0 aliphatic heterocycles. The van der Waals surface area contributed by atoms with Gasteiger partial charge in [-0.2, -0.15) is 0 Å². The van der Waals surface area contributed by atoms with Crippen molar-refractivity contribution in [3.63, 3.8) is 0 Å². The van der Waals surface area contributed by atoms with Crippen LogP contribution < -0.4 is 5.73 Å². The molecule has 3 nitrogen and oxygen atoms in total. The van der Waals surface area contributed by atoms with Gasteiger partial charge in [0.25, 0.3) is 0 Å². The molecule has 0 fully saturated rings. The van der Waals surface area contributed by atoms with Gasteiger partial charge in [-0.3, -0.25) is 4.79 Å². The summed E-state index contributed by atoms with van der Waals surface area (Å²) in [5, 5.41) is 0. The molecule has 66 valence electrons. The molecule has 1 atom stereocenters. The lowest BCUT2D eigenvalue weighted by atomic mass is 10.1. The zero-order chi connectivity index (χ0) is 8.69. The molecule has 1 unspecified atom stereocenters. The van der Waals surface area contributed by atoms with Gasteiger partial charge in [0.1, 0.15) is 6.61 Å². The van der Waals surface area contributed by atoms with Crippen LogP contribution in [-0.2, 0) is 9.53 Å². The van der Waals surface area contributed by atoms with Gasteiger partial charge in [-0.25, -0.2) is 0 Å². The van der Waals surface area contributed by atoms with Crippen molar-refractivity contribution in [2.45, 2.75) is 32.7 Å². The van der Waals surface area contributed by atoms with E-state index in [0.717, 1.165) is 6.42 Å². The van der Waals surface area contributed by atoms with Crippen molar-refractivity contribution in [1.29, 1.82) is 0 Å². The molecule has 0 aromatic carbocycles. The van der Waals surface area contributed by atoms with E-state index in [1.54, 1.807) is 0 Å². The summed E-state index contributed by atoms with van der Waals surface area (Å²) in [6.45, 7) is 4.71. The molecule has 0 amide bonds. The molecule has 0 aromatic heterocycles. The second kappa shape index (κ2) is 6.31. The Hall–Kier alpha value is -0.410. The standard InChI is InChI=1S/C8H17NO2/c1-3-5-11-6-8(10)7(9)4-2/h7H,3-6,9H2,1-2H3. The first-order valence-corrected chi connectivity index (χ1v) is 4.08. The van der Waals surface area contributed by atoms with Gasteiger partial charge in [0.05, 0.1) is 6.04 Å². The molecule has 0 rings (SSSR count). The van der Waals surface area contributed by atoms with Gasteiger partial charge in [0, 0.05) is 6.61 Å². The van der Waals surface area contributed by atoms with Crippen molar-refractivity contribution in [2.24, 2.45) is 5.73 Å². The molecule has 0 heterocycles. The second-order valence-corrected chi connectivity index (χ2v) is 2.53. The molecular formula is C8H17NO2. The van der Waals surface area contributed by atoms with Crippen LogP contribution in [0, 0.1) is 0 Å². The predicted molar refractivity (Wildman–Crippen MR) is 44.4 cm³/mol. The number of carbonyl (C=O) groups excluding carboxylic acids is 1. The first kappa shape index (κ1) is 10.6. The van der Waals surface area contributed by atoms with E-state index in [1.165, 1.54) is 0 Å². The number of hydrogen-bond donors (Lipinski definition) is 1. The van der Waals surface area contributed by atoms with Crippen molar-refractivity contribution >= 4 is 5.78 Å². The summed E-state index contributed by atoms with van der Waals surface area (Å²) in [6.07, 6.45) is 1.63. The van der Waals surface area contributed by atoms with E-state index < -0.39 is 0 Å². The molecular weight excluding hydrogens is 142 g/mol. The Labute approximate surface area is 67.9 Å². The van der Waals surface area contributed by atoms with Gasteiger partial charge in [-0.15, -0.1) is 0 Å². The Kier molecular flexibility index (Phi) is 6.07. The predicted octanol–water partition coefficient (Wildman–Crippen LogP) is 0.719. The Morgan fingerprint density at radius 1 is 1.55 bits per heavy atom. The largest absolute Gasteiger partial charge is 0.374 e. The van der Waals surface area contributed by atoms with Crippen LogP contribution in [0.5, 0.6) is 0 Å². The zero-order valence-electron chi connectivity index (χ0n) is 7.30. The lowest BCUT2D eigenvalue weighted by molar-refractivity contribution is -0.124. The number of nitrogens with two attached hydrogens (primary N) is 1. The minimum absolute atomic E-state index is 0.000880. The molecule has 0 aliphatic carbocycles. The minimum Gasteiger partial charge on any atom is -0.374 e. The number of hydrogen-bond acceptors (Lipinski definition) is 3. The number of Topliss-reactive ketones (excluding diaryl/α,β-unsaturated/α-hetero) is 1. The maximum absolute atomic E-state index is 11.0. The van der Waals surface area contributed by atoms with E-state index in [4.69, 9.17) is 10.5 Å². The summed E-state index contributed by atoms with van der Waals surface area (Å²) in [4.78, 5) is 11.0. The molecule has 0 saturated carbocycles. The molecule has 0 aliphatic rings. The van der Waals surface area contributed by atoms with Crippen LogP contribution in [0.25, 0.3) is 0 Å². The monoisotopic (exact) mass is 159 g/mol. The molecule has 0 radical (unpaired) electrons. The fourth-order valence-electron chi connectivity index (χ4n) is 0.652. The smallest absolute Gasteiger partial charge is 0.175 e. The third-order valence-electron chi connectivity index (χ3n) is 1.45. The lowest BCUT2D eigenvalue weighted by Crippen LogP contribution is -2.32. The van der Waals surface area contributed by atoms with Gasteiger partial charge in [0.15, 0.2) is 5.78 Å². The molecule has 11 heavy (non-hydrogen) atoms. The topological polar surface area (TPSA) is 52.3 Å². The molecule has 2 N–H and O–H groups in total. The number of ketones is 1. The first-order chi connectivity index (χ1) is 5.22. The average Bonchev–Trinajstić information content (AvgIpc) is 2.03. The normalized spacial score (nSPS) is 13.0. The van der Waals surface area contributed by atoms with Crippen LogP contribution in [0.2, 0.25) is 0 Å². The minimum atomic E-state index is -0.341. The second-order valence-electron chi connectivity index (χ2n) is 2.53. The van der Waals surface area contributed by atoms with Crippen LogP contribution in [-0.4, -0.2) is 25.0 Å². The summed E-state index contributed by atoms with van der Waals surface area (Å²) in [5.41, 5.74) is 5.47. The van der Waals surface area contributed by atoms with Crippen LogP contribution in [0.1, 0.15) is 26.7 Å². The molecule has 0 saturated heterocycles. The van der Waals surface area contributed by atoms with E-state index in [2.05, 4.69) is 0 Å². The maximum atomic E-state index is 11.0. The third kappa shape index (κ3) is 4.93. The average molecular weight is 159 g/mol.